The summed E-state index contributed by atoms with van der Waals surface area (Å²) >= 11 is 0. The first kappa shape index (κ1) is 14.4. The van der Waals surface area contributed by atoms with Gasteiger partial charge in [0.1, 0.15) is 11.6 Å². The molecule has 1 aliphatic rings. The Bertz CT molecular complexity index is 427. The Labute approximate surface area is 113 Å². The van der Waals surface area contributed by atoms with Crippen LogP contribution < -0.4 is 5.32 Å². The van der Waals surface area contributed by atoms with Crippen molar-refractivity contribution in [2.75, 3.05) is 13.7 Å². The maximum absolute atomic E-state index is 13.9. The Kier molecular flexibility index (Phi) is 4.53. The van der Waals surface area contributed by atoms with Gasteiger partial charge in [0, 0.05) is 18.7 Å². The van der Waals surface area contributed by atoms with Crippen LogP contribution in [0.5, 0.6) is 0 Å². The number of nitrogens with one attached hydrogen (secondary N) is 1. The zero-order valence-electron chi connectivity index (χ0n) is 11.5. The third kappa shape index (κ3) is 3.12. The number of methoxy groups -OCH3 is 1. The summed E-state index contributed by atoms with van der Waals surface area (Å²) in [7, 11) is 1.70. The molecule has 1 unspecified atom stereocenters. The van der Waals surface area contributed by atoms with Crippen LogP contribution in [-0.4, -0.2) is 19.3 Å². The molecule has 0 bridgehead atoms. The maximum Gasteiger partial charge on any atom is 0.128 e. The van der Waals surface area contributed by atoms with E-state index in [-0.39, 0.29) is 17.5 Å². The molecule has 0 aromatic heterocycles. The normalized spacial score (nSPS) is 18.9. The summed E-state index contributed by atoms with van der Waals surface area (Å²) in [6.45, 7) is 2.67. The molecule has 1 aromatic rings. The molecule has 19 heavy (non-hydrogen) atoms. The predicted octanol–water partition coefficient (Wildman–Crippen LogP) is 3.57. The fourth-order valence-corrected chi connectivity index (χ4v) is 2.75. The lowest BCUT2D eigenvalue weighted by Gasteiger charge is -2.43. The predicted molar refractivity (Wildman–Crippen MR) is 71.0 cm³/mol. The smallest absolute Gasteiger partial charge is 0.128 e. The molecule has 1 fully saturated rings. The third-order valence-corrected chi connectivity index (χ3v) is 4.06. The van der Waals surface area contributed by atoms with E-state index in [2.05, 4.69) is 5.32 Å². The molecule has 0 radical (unpaired) electrons. The first-order chi connectivity index (χ1) is 9.10. The van der Waals surface area contributed by atoms with Gasteiger partial charge in [0.25, 0.3) is 0 Å². The van der Waals surface area contributed by atoms with Gasteiger partial charge in [0.05, 0.1) is 5.60 Å². The van der Waals surface area contributed by atoms with Gasteiger partial charge in [-0.1, -0.05) is 6.92 Å². The van der Waals surface area contributed by atoms with Crippen LogP contribution in [0.25, 0.3) is 0 Å². The van der Waals surface area contributed by atoms with Crippen molar-refractivity contribution in [1.29, 1.82) is 0 Å². The molecule has 0 saturated heterocycles. The zero-order chi connectivity index (χ0) is 13.9. The summed E-state index contributed by atoms with van der Waals surface area (Å²) in [5.41, 5.74) is 0.219. The number of hydrogen-bond acceptors (Lipinski definition) is 2. The molecular formula is C15H21F2NO. The van der Waals surface area contributed by atoms with Gasteiger partial charge < -0.3 is 10.1 Å². The Morgan fingerprint density at radius 3 is 2.63 bits per heavy atom. The lowest BCUT2D eigenvalue weighted by Crippen LogP contribution is -2.43. The second-order valence-electron chi connectivity index (χ2n) is 5.22. The largest absolute Gasteiger partial charge is 0.378 e. The van der Waals surface area contributed by atoms with Crippen LogP contribution in [0.3, 0.4) is 0 Å². The van der Waals surface area contributed by atoms with Crippen molar-refractivity contribution in [3.05, 3.63) is 35.4 Å². The van der Waals surface area contributed by atoms with Gasteiger partial charge in [0.15, 0.2) is 0 Å². The summed E-state index contributed by atoms with van der Waals surface area (Å²) in [6, 6.07) is 3.41. The Morgan fingerprint density at radius 1 is 1.37 bits per heavy atom. The quantitative estimate of drug-likeness (QED) is 0.852. The molecule has 2 nitrogen and oxygen atoms in total. The lowest BCUT2D eigenvalue weighted by molar-refractivity contribution is -0.0839. The first-order valence-corrected chi connectivity index (χ1v) is 6.84. The van der Waals surface area contributed by atoms with Crippen LogP contribution in [0, 0.1) is 11.6 Å². The van der Waals surface area contributed by atoms with Crippen LogP contribution in [-0.2, 0) is 4.74 Å². The fraction of sp³-hybridized carbons (Fsp3) is 0.600. The van der Waals surface area contributed by atoms with E-state index in [1.54, 1.807) is 7.11 Å². The molecule has 4 heteroatoms. The summed E-state index contributed by atoms with van der Waals surface area (Å²) in [4.78, 5) is 0. The van der Waals surface area contributed by atoms with Gasteiger partial charge in [-0.05, 0) is 50.4 Å². The average molecular weight is 269 g/mol. The molecule has 0 amide bonds. The summed E-state index contributed by atoms with van der Waals surface area (Å²) < 4.78 is 32.8. The van der Waals surface area contributed by atoms with Crippen LogP contribution in [0.2, 0.25) is 0 Å². The Morgan fingerprint density at radius 2 is 2.11 bits per heavy atom. The van der Waals surface area contributed by atoms with Crippen molar-refractivity contribution in [1.82, 2.24) is 5.32 Å². The second kappa shape index (κ2) is 5.97. The minimum Gasteiger partial charge on any atom is -0.378 e. The van der Waals surface area contributed by atoms with Crippen molar-refractivity contribution in [2.24, 2.45) is 0 Å². The molecule has 2 rings (SSSR count). The van der Waals surface area contributed by atoms with Gasteiger partial charge in [0.2, 0.25) is 0 Å². The molecule has 0 aliphatic heterocycles. The van der Waals surface area contributed by atoms with Crippen molar-refractivity contribution in [2.45, 2.75) is 44.2 Å². The van der Waals surface area contributed by atoms with Gasteiger partial charge in [-0.15, -0.1) is 0 Å². The molecule has 1 N–H and O–H groups in total. The van der Waals surface area contributed by atoms with Crippen LogP contribution in [0.4, 0.5) is 8.78 Å². The van der Waals surface area contributed by atoms with E-state index in [0.29, 0.717) is 18.5 Å². The van der Waals surface area contributed by atoms with E-state index in [4.69, 9.17) is 4.74 Å². The van der Waals surface area contributed by atoms with Crippen molar-refractivity contribution in [3.8, 4) is 0 Å². The SMILES string of the molecule is CCNC(CC1(OC)CCC1)c1cc(F)ccc1F. The van der Waals surface area contributed by atoms with E-state index in [1.807, 2.05) is 6.92 Å². The third-order valence-electron chi connectivity index (χ3n) is 4.06. The van der Waals surface area contributed by atoms with Gasteiger partial charge in [-0.25, -0.2) is 8.78 Å². The Hall–Kier alpha value is -1.00. The molecule has 0 spiro atoms. The molecule has 1 aromatic carbocycles. The first-order valence-electron chi connectivity index (χ1n) is 6.84. The van der Waals surface area contributed by atoms with E-state index in [9.17, 15) is 8.78 Å². The molecule has 106 valence electrons. The minimum absolute atomic E-state index is 0.175. The molecule has 1 atom stereocenters. The number of rotatable bonds is 6. The highest BCUT2D eigenvalue weighted by Crippen LogP contribution is 2.42. The van der Waals surface area contributed by atoms with E-state index in [0.717, 1.165) is 25.3 Å². The molecule has 1 saturated carbocycles. The van der Waals surface area contributed by atoms with E-state index >= 15 is 0 Å². The highest BCUT2D eigenvalue weighted by Gasteiger charge is 2.39. The van der Waals surface area contributed by atoms with E-state index < -0.39 is 5.82 Å². The van der Waals surface area contributed by atoms with Crippen molar-refractivity contribution < 1.29 is 13.5 Å². The standard InChI is InChI=1S/C15H21F2NO/c1-3-18-14(10-15(19-2)7-4-8-15)12-9-11(16)5-6-13(12)17/h5-6,9,14,18H,3-4,7-8,10H2,1-2H3. The Balaban J connectivity index is 2.21. The van der Waals surface area contributed by atoms with Crippen molar-refractivity contribution >= 4 is 0 Å². The average Bonchev–Trinajstić information content (AvgIpc) is 2.35. The van der Waals surface area contributed by atoms with Gasteiger partial charge in [-0.3, -0.25) is 0 Å². The lowest BCUT2D eigenvalue weighted by atomic mass is 9.74. The van der Waals surface area contributed by atoms with Crippen LogP contribution >= 0.6 is 0 Å². The second-order valence-corrected chi connectivity index (χ2v) is 5.22. The van der Waals surface area contributed by atoms with Crippen molar-refractivity contribution in [3.63, 3.8) is 0 Å². The van der Waals surface area contributed by atoms with Gasteiger partial charge in [-0.2, -0.15) is 0 Å². The molecule has 0 heterocycles. The summed E-state index contributed by atoms with van der Waals surface area (Å²) in [5.74, 6) is -0.766. The number of hydrogen-bond donors (Lipinski definition) is 1. The number of ether oxygens (including phenoxy) is 1. The number of benzene rings is 1. The van der Waals surface area contributed by atoms with Crippen LogP contribution in [0.15, 0.2) is 18.2 Å². The summed E-state index contributed by atoms with van der Waals surface area (Å²) in [6.07, 6.45) is 3.79. The summed E-state index contributed by atoms with van der Waals surface area (Å²) in [5, 5.41) is 3.24. The highest BCUT2D eigenvalue weighted by molar-refractivity contribution is 5.23. The number of halogens is 2. The molecular weight excluding hydrogens is 248 g/mol. The topological polar surface area (TPSA) is 21.3 Å². The fourth-order valence-electron chi connectivity index (χ4n) is 2.75. The minimum atomic E-state index is -0.403. The highest BCUT2D eigenvalue weighted by atomic mass is 19.1. The van der Waals surface area contributed by atoms with E-state index in [1.165, 1.54) is 12.1 Å². The maximum atomic E-state index is 13.9. The zero-order valence-corrected chi connectivity index (χ0v) is 11.5. The molecule has 1 aliphatic carbocycles. The van der Waals surface area contributed by atoms with Gasteiger partial charge >= 0.3 is 0 Å². The monoisotopic (exact) mass is 269 g/mol. The van der Waals surface area contributed by atoms with Crippen LogP contribution in [0.1, 0.15) is 44.2 Å².